The third kappa shape index (κ3) is 3.24. The summed E-state index contributed by atoms with van der Waals surface area (Å²) in [5.74, 6) is 1.24. The smallest absolute Gasteiger partial charge is 0.240 e. The van der Waals surface area contributed by atoms with E-state index in [0.29, 0.717) is 26.6 Å². The molecule has 1 heterocycles. The molecule has 0 aliphatic rings. The number of nitrogens with zero attached hydrogens (tertiary/aromatic N) is 1. The maximum Gasteiger partial charge on any atom is 0.240 e. The van der Waals surface area contributed by atoms with E-state index < -0.39 is 0 Å². The van der Waals surface area contributed by atoms with Crippen molar-refractivity contribution in [3.63, 3.8) is 0 Å². The first-order valence-corrected chi connectivity index (χ1v) is 6.62. The monoisotopic (exact) mass is 316 g/mol. The van der Waals surface area contributed by atoms with Crippen LogP contribution in [0.3, 0.4) is 0 Å². The summed E-state index contributed by atoms with van der Waals surface area (Å²) in [5.41, 5.74) is 1.03. The highest BCUT2D eigenvalue weighted by molar-refractivity contribution is 6.36. The molecule has 6 heteroatoms. The number of aryl methyl sites for hydroxylation is 1. The predicted molar refractivity (Wildman–Crippen MR) is 80.1 cm³/mol. The first kappa shape index (κ1) is 14.3. The molecule has 3 nitrogen and oxygen atoms in total. The van der Waals surface area contributed by atoms with Crippen LogP contribution in [0.15, 0.2) is 24.3 Å². The van der Waals surface area contributed by atoms with E-state index in [4.69, 9.17) is 39.5 Å². The number of pyridine rings is 1. The minimum absolute atomic E-state index is 0.253. The molecular weight excluding hydrogens is 307 g/mol. The summed E-state index contributed by atoms with van der Waals surface area (Å²) in [4.78, 5) is 4.20. The third-order valence-corrected chi connectivity index (χ3v) is 3.30. The van der Waals surface area contributed by atoms with Gasteiger partial charge < -0.3 is 10.1 Å². The topological polar surface area (TPSA) is 34.2 Å². The van der Waals surface area contributed by atoms with Crippen LogP contribution < -0.4 is 10.1 Å². The van der Waals surface area contributed by atoms with Crippen LogP contribution in [0.1, 0.15) is 5.56 Å². The van der Waals surface area contributed by atoms with Crippen LogP contribution >= 0.6 is 34.8 Å². The van der Waals surface area contributed by atoms with Crippen LogP contribution in [-0.4, -0.2) is 12.0 Å². The lowest BCUT2D eigenvalue weighted by Gasteiger charge is -2.11. The second kappa shape index (κ2) is 5.87. The molecule has 100 valence electrons. The molecule has 19 heavy (non-hydrogen) atoms. The van der Waals surface area contributed by atoms with Gasteiger partial charge in [-0.05, 0) is 30.7 Å². The molecule has 0 saturated heterocycles. The van der Waals surface area contributed by atoms with Gasteiger partial charge in [-0.3, -0.25) is 0 Å². The SMILES string of the molecule is CNc1nc(Oc2cc(C)ccc2Cl)c(Cl)cc1Cl. The van der Waals surface area contributed by atoms with Crippen LogP contribution in [0, 0.1) is 6.92 Å². The minimum atomic E-state index is 0.253. The lowest BCUT2D eigenvalue weighted by molar-refractivity contribution is 0.464. The summed E-state index contributed by atoms with van der Waals surface area (Å²) in [7, 11) is 1.71. The van der Waals surface area contributed by atoms with Crippen molar-refractivity contribution in [3.8, 4) is 11.6 Å². The Morgan fingerprint density at radius 3 is 2.47 bits per heavy atom. The highest BCUT2D eigenvalue weighted by Gasteiger charge is 2.12. The maximum atomic E-state index is 6.07. The number of hydrogen-bond donors (Lipinski definition) is 1. The standard InChI is InChI=1S/C13H11Cl3N2O/c1-7-3-4-8(14)11(5-7)19-13-10(16)6-9(15)12(17-2)18-13/h3-6H,1-2H3,(H,17,18). The van der Waals surface area contributed by atoms with Crippen molar-refractivity contribution in [3.05, 3.63) is 44.9 Å². The molecule has 0 spiro atoms. The van der Waals surface area contributed by atoms with Gasteiger partial charge in [0, 0.05) is 7.05 Å². The molecule has 0 aliphatic heterocycles. The number of ether oxygens (including phenoxy) is 1. The first-order valence-electron chi connectivity index (χ1n) is 5.49. The van der Waals surface area contributed by atoms with Crippen LogP contribution in [-0.2, 0) is 0 Å². The number of aromatic nitrogens is 1. The largest absolute Gasteiger partial charge is 0.436 e. The Kier molecular flexibility index (Phi) is 4.40. The summed E-state index contributed by atoms with van der Waals surface area (Å²) >= 11 is 18.1. The third-order valence-electron chi connectivity index (χ3n) is 2.43. The Bertz CT molecular complexity index is 617. The zero-order chi connectivity index (χ0) is 14.0. The average Bonchev–Trinajstić information content (AvgIpc) is 2.37. The number of hydrogen-bond acceptors (Lipinski definition) is 3. The number of anilines is 1. The Hall–Kier alpha value is -1.16. The molecule has 1 aromatic heterocycles. The van der Waals surface area contributed by atoms with Gasteiger partial charge in [0.15, 0.2) is 0 Å². The fraction of sp³-hybridized carbons (Fsp3) is 0.154. The molecule has 0 atom stereocenters. The molecule has 2 aromatic rings. The summed E-state index contributed by atoms with van der Waals surface area (Å²) in [5, 5.41) is 4.10. The molecule has 1 aromatic carbocycles. The lowest BCUT2D eigenvalue weighted by Crippen LogP contribution is -1.97. The van der Waals surface area contributed by atoms with Gasteiger partial charge in [-0.25, -0.2) is 0 Å². The average molecular weight is 318 g/mol. The van der Waals surface area contributed by atoms with Gasteiger partial charge in [0.2, 0.25) is 5.88 Å². The molecule has 0 unspecified atom stereocenters. The van der Waals surface area contributed by atoms with Gasteiger partial charge in [0.1, 0.15) is 16.6 Å². The molecule has 2 rings (SSSR count). The summed E-state index contributed by atoms with van der Waals surface area (Å²) < 4.78 is 5.64. The summed E-state index contributed by atoms with van der Waals surface area (Å²) in [6.07, 6.45) is 0. The van der Waals surface area contributed by atoms with Crippen molar-refractivity contribution in [2.24, 2.45) is 0 Å². The second-order valence-electron chi connectivity index (χ2n) is 3.89. The van der Waals surface area contributed by atoms with Crippen molar-refractivity contribution in [2.75, 3.05) is 12.4 Å². The van der Waals surface area contributed by atoms with E-state index in [-0.39, 0.29) is 5.88 Å². The predicted octanol–water partition coefficient (Wildman–Crippen LogP) is 5.18. The van der Waals surface area contributed by atoms with E-state index in [1.807, 2.05) is 19.1 Å². The zero-order valence-corrected chi connectivity index (χ0v) is 12.6. The molecule has 0 saturated carbocycles. The van der Waals surface area contributed by atoms with Crippen LogP contribution in [0.4, 0.5) is 5.82 Å². The second-order valence-corrected chi connectivity index (χ2v) is 5.11. The van der Waals surface area contributed by atoms with Gasteiger partial charge in [0.25, 0.3) is 0 Å². The minimum Gasteiger partial charge on any atom is -0.436 e. The van der Waals surface area contributed by atoms with E-state index >= 15 is 0 Å². The van der Waals surface area contributed by atoms with Gasteiger partial charge in [-0.1, -0.05) is 40.9 Å². The van der Waals surface area contributed by atoms with Crippen LogP contribution in [0.5, 0.6) is 11.6 Å². The van der Waals surface area contributed by atoms with E-state index in [9.17, 15) is 0 Å². The van der Waals surface area contributed by atoms with E-state index in [0.717, 1.165) is 5.56 Å². The maximum absolute atomic E-state index is 6.07. The normalized spacial score (nSPS) is 10.4. The molecule has 0 amide bonds. The van der Waals surface area contributed by atoms with Gasteiger partial charge >= 0.3 is 0 Å². The van der Waals surface area contributed by atoms with Gasteiger partial charge in [-0.15, -0.1) is 0 Å². The van der Waals surface area contributed by atoms with E-state index in [1.165, 1.54) is 0 Å². The summed E-state index contributed by atoms with van der Waals surface area (Å²) in [6, 6.07) is 7.04. The number of halogens is 3. The molecule has 0 radical (unpaired) electrons. The lowest BCUT2D eigenvalue weighted by atomic mass is 10.2. The summed E-state index contributed by atoms with van der Waals surface area (Å²) in [6.45, 7) is 1.94. The fourth-order valence-electron chi connectivity index (χ4n) is 1.49. The first-order chi connectivity index (χ1) is 9.01. The number of rotatable bonds is 3. The molecule has 0 fully saturated rings. The fourth-order valence-corrected chi connectivity index (χ4v) is 2.14. The molecule has 0 aliphatic carbocycles. The number of nitrogens with one attached hydrogen (secondary N) is 1. The van der Waals surface area contributed by atoms with Crippen molar-refractivity contribution in [1.82, 2.24) is 4.98 Å². The Morgan fingerprint density at radius 2 is 1.79 bits per heavy atom. The zero-order valence-electron chi connectivity index (χ0n) is 10.3. The number of benzene rings is 1. The molecular formula is C13H11Cl3N2O. The van der Waals surface area contributed by atoms with Crippen molar-refractivity contribution in [1.29, 1.82) is 0 Å². The van der Waals surface area contributed by atoms with Crippen molar-refractivity contribution in [2.45, 2.75) is 6.92 Å². The van der Waals surface area contributed by atoms with Crippen LogP contribution in [0.2, 0.25) is 15.1 Å². The Labute approximate surface area is 126 Å². The molecule has 1 N–H and O–H groups in total. The molecule has 0 bridgehead atoms. The van der Waals surface area contributed by atoms with E-state index in [1.54, 1.807) is 19.2 Å². The van der Waals surface area contributed by atoms with Crippen molar-refractivity contribution < 1.29 is 4.74 Å². The Balaban J connectivity index is 2.40. The van der Waals surface area contributed by atoms with E-state index in [2.05, 4.69) is 10.3 Å². The highest BCUT2D eigenvalue weighted by Crippen LogP contribution is 2.36. The van der Waals surface area contributed by atoms with Gasteiger partial charge in [-0.2, -0.15) is 4.98 Å². The van der Waals surface area contributed by atoms with Crippen molar-refractivity contribution >= 4 is 40.6 Å². The van der Waals surface area contributed by atoms with Gasteiger partial charge in [0.05, 0.1) is 10.0 Å². The highest BCUT2D eigenvalue weighted by atomic mass is 35.5. The van der Waals surface area contributed by atoms with Crippen LogP contribution in [0.25, 0.3) is 0 Å². The quantitative estimate of drug-likeness (QED) is 0.846. The Morgan fingerprint density at radius 1 is 1.05 bits per heavy atom.